The highest BCUT2D eigenvalue weighted by Gasteiger charge is 2.30. The van der Waals surface area contributed by atoms with E-state index in [4.69, 9.17) is 0 Å². The number of benzene rings is 2. The quantitative estimate of drug-likeness (QED) is 0.437. The Labute approximate surface area is 184 Å². The van der Waals surface area contributed by atoms with Gasteiger partial charge in [0.1, 0.15) is 0 Å². The van der Waals surface area contributed by atoms with Gasteiger partial charge in [0, 0.05) is 24.7 Å². The van der Waals surface area contributed by atoms with Crippen molar-refractivity contribution in [3.05, 3.63) is 58.6 Å². The van der Waals surface area contributed by atoms with Crippen LogP contribution in [0.15, 0.2) is 63.5 Å². The molecule has 31 heavy (non-hydrogen) atoms. The maximum Gasteiger partial charge on any atom is 0.284 e. The lowest BCUT2D eigenvalue weighted by molar-refractivity contribution is -0.388. The minimum absolute atomic E-state index is 0.0712. The summed E-state index contributed by atoms with van der Waals surface area (Å²) in [5.74, 6) is 1.02. The fourth-order valence-corrected chi connectivity index (χ4v) is 5.67. The van der Waals surface area contributed by atoms with Gasteiger partial charge in [0.25, 0.3) is 5.69 Å². The Morgan fingerprint density at radius 3 is 2.55 bits per heavy atom. The van der Waals surface area contributed by atoms with Crippen LogP contribution in [-0.4, -0.2) is 45.9 Å². The predicted octanol–water partition coefficient (Wildman–Crippen LogP) is 3.95. The number of aromatic nitrogens is 3. The van der Waals surface area contributed by atoms with Crippen LogP contribution in [0.2, 0.25) is 0 Å². The number of H-pyrrole nitrogens is 1. The van der Waals surface area contributed by atoms with Gasteiger partial charge in [-0.3, -0.25) is 15.2 Å². The molecule has 4 rings (SSSR count). The first-order valence-electron chi connectivity index (χ1n) is 9.79. The van der Waals surface area contributed by atoms with Crippen LogP contribution in [0, 0.1) is 16.0 Å². The van der Waals surface area contributed by atoms with Crippen molar-refractivity contribution in [2.45, 2.75) is 34.7 Å². The van der Waals surface area contributed by atoms with Gasteiger partial charge < -0.3 is 0 Å². The molecule has 2 aromatic carbocycles. The zero-order chi connectivity index (χ0) is 22.0. The number of rotatable bonds is 6. The summed E-state index contributed by atoms with van der Waals surface area (Å²) in [5, 5.41) is 18.9. The number of aromatic amines is 1. The summed E-state index contributed by atoms with van der Waals surface area (Å²) in [7, 11) is -3.78. The number of hydrogen-bond acceptors (Lipinski definition) is 7. The first kappa shape index (κ1) is 21.5. The van der Waals surface area contributed by atoms with E-state index in [1.54, 1.807) is 0 Å². The SMILES string of the molecule is CC1CCN(S(=O)(=O)c2ccc(Sc3n[nH]c(-c4ccccc4)n3)c([N+](=O)[O-])c2)CC1. The lowest BCUT2D eigenvalue weighted by atomic mass is 10.0. The molecule has 0 saturated carbocycles. The fourth-order valence-electron chi connectivity index (χ4n) is 3.38. The van der Waals surface area contributed by atoms with Gasteiger partial charge in [-0.2, -0.15) is 4.31 Å². The Bertz CT molecular complexity index is 1190. The minimum atomic E-state index is -3.78. The Balaban J connectivity index is 1.60. The van der Waals surface area contributed by atoms with E-state index in [9.17, 15) is 18.5 Å². The lowest BCUT2D eigenvalue weighted by Gasteiger charge is -2.29. The maximum atomic E-state index is 13.0. The van der Waals surface area contributed by atoms with Crippen molar-refractivity contribution < 1.29 is 13.3 Å². The van der Waals surface area contributed by atoms with E-state index in [1.807, 2.05) is 30.3 Å². The molecule has 0 spiro atoms. The second-order valence-corrected chi connectivity index (χ2v) is 10.4. The molecular formula is C20H21N5O4S2. The molecule has 2 heterocycles. The third-order valence-electron chi connectivity index (χ3n) is 5.22. The molecule has 3 aromatic rings. The molecule has 0 amide bonds. The van der Waals surface area contributed by atoms with Gasteiger partial charge in [0.15, 0.2) is 5.82 Å². The molecule has 9 nitrogen and oxygen atoms in total. The second kappa shape index (κ2) is 8.77. The van der Waals surface area contributed by atoms with Gasteiger partial charge in [0.2, 0.25) is 15.2 Å². The Morgan fingerprint density at radius 1 is 1.16 bits per heavy atom. The highest BCUT2D eigenvalue weighted by molar-refractivity contribution is 7.99. The monoisotopic (exact) mass is 459 g/mol. The molecule has 0 radical (unpaired) electrons. The van der Waals surface area contributed by atoms with Crippen molar-refractivity contribution in [3.8, 4) is 11.4 Å². The van der Waals surface area contributed by atoms with E-state index in [2.05, 4.69) is 22.1 Å². The maximum absolute atomic E-state index is 13.0. The third-order valence-corrected chi connectivity index (χ3v) is 8.05. The largest absolute Gasteiger partial charge is 0.284 e. The first-order chi connectivity index (χ1) is 14.8. The second-order valence-electron chi connectivity index (χ2n) is 7.41. The molecule has 1 saturated heterocycles. The van der Waals surface area contributed by atoms with Gasteiger partial charge >= 0.3 is 0 Å². The van der Waals surface area contributed by atoms with Crippen LogP contribution in [0.4, 0.5) is 5.69 Å². The summed E-state index contributed by atoms with van der Waals surface area (Å²) in [6.07, 6.45) is 1.56. The Morgan fingerprint density at radius 2 is 1.87 bits per heavy atom. The van der Waals surface area contributed by atoms with E-state index < -0.39 is 14.9 Å². The molecule has 0 bridgehead atoms. The standard InChI is InChI=1S/C20H21N5O4S2/c1-14-9-11-24(12-10-14)31(28,29)16-7-8-18(17(13-16)25(26)27)30-20-21-19(22-23-20)15-5-3-2-4-6-15/h2-8,13-14H,9-12H2,1H3,(H,21,22,23). The van der Waals surface area contributed by atoms with E-state index in [1.165, 1.54) is 16.4 Å². The fraction of sp³-hybridized carbons (Fsp3) is 0.300. The van der Waals surface area contributed by atoms with Crippen molar-refractivity contribution in [2.75, 3.05) is 13.1 Å². The van der Waals surface area contributed by atoms with E-state index in [-0.39, 0.29) is 15.5 Å². The van der Waals surface area contributed by atoms with Crippen LogP contribution in [-0.2, 0) is 10.0 Å². The molecule has 1 aliphatic heterocycles. The first-order valence-corrected chi connectivity index (χ1v) is 12.0. The van der Waals surface area contributed by atoms with Crippen molar-refractivity contribution in [1.82, 2.24) is 19.5 Å². The molecule has 1 aromatic heterocycles. The third kappa shape index (κ3) is 4.63. The van der Waals surface area contributed by atoms with Gasteiger partial charge in [-0.05, 0) is 42.7 Å². The zero-order valence-electron chi connectivity index (χ0n) is 16.8. The van der Waals surface area contributed by atoms with Crippen LogP contribution >= 0.6 is 11.8 Å². The van der Waals surface area contributed by atoms with Gasteiger partial charge in [-0.1, -0.05) is 37.3 Å². The van der Waals surface area contributed by atoms with Crippen molar-refractivity contribution in [3.63, 3.8) is 0 Å². The van der Waals surface area contributed by atoms with E-state index in [0.717, 1.165) is 36.2 Å². The highest BCUT2D eigenvalue weighted by atomic mass is 32.2. The van der Waals surface area contributed by atoms with E-state index in [0.29, 0.717) is 30.0 Å². The molecule has 0 aliphatic carbocycles. The summed E-state index contributed by atoms with van der Waals surface area (Å²) < 4.78 is 27.3. The topological polar surface area (TPSA) is 122 Å². The molecule has 0 atom stereocenters. The Hall–Kier alpha value is -2.76. The van der Waals surface area contributed by atoms with Crippen LogP contribution in [0.25, 0.3) is 11.4 Å². The molecule has 1 fully saturated rings. The average Bonchev–Trinajstić information content (AvgIpc) is 3.23. The minimum Gasteiger partial charge on any atom is -0.258 e. The highest BCUT2D eigenvalue weighted by Crippen LogP contribution is 2.36. The number of nitro benzene ring substituents is 1. The lowest BCUT2D eigenvalue weighted by Crippen LogP contribution is -2.37. The predicted molar refractivity (Wildman–Crippen MR) is 116 cm³/mol. The number of nitrogens with one attached hydrogen (secondary N) is 1. The number of hydrogen-bond donors (Lipinski definition) is 1. The average molecular weight is 460 g/mol. The van der Waals surface area contributed by atoms with Crippen molar-refractivity contribution in [1.29, 1.82) is 0 Å². The summed E-state index contributed by atoms with van der Waals surface area (Å²) in [4.78, 5) is 15.7. The molecular weight excluding hydrogens is 438 g/mol. The number of piperidine rings is 1. The molecule has 0 unspecified atom stereocenters. The smallest absolute Gasteiger partial charge is 0.258 e. The number of sulfonamides is 1. The van der Waals surface area contributed by atoms with Crippen LogP contribution in [0.5, 0.6) is 0 Å². The molecule has 11 heteroatoms. The molecule has 1 aliphatic rings. The van der Waals surface area contributed by atoms with Gasteiger partial charge in [-0.15, -0.1) is 5.10 Å². The van der Waals surface area contributed by atoms with Crippen LogP contribution in [0.1, 0.15) is 19.8 Å². The summed E-state index contributed by atoms with van der Waals surface area (Å²) >= 11 is 1.01. The number of nitro groups is 1. The summed E-state index contributed by atoms with van der Waals surface area (Å²) in [6, 6.07) is 13.4. The normalized spacial score (nSPS) is 15.8. The van der Waals surface area contributed by atoms with Crippen LogP contribution < -0.4 is 0 Å². The number of nitrogens with zero attached hydrogens (tertiary/aromatic N) is 4. The van der Waals surface area contributed by atoms with Crippen molar-refractivity contribution in [2.24, 2.45) is 5.92 Å². The molecule has 1 N–H and O–H groups in total. The van der Waals surface area contributed by atoms with Crippen LogP contribution in [0.3, 0.4) is 0 Å². The summed E-state index contributed by atoms with van der Waals surface area (Å²) in [5.41, 5.74) is 0.552. The van der Waals surface area contributed by atoms with Gasteiger partial charge in [-0.25, -0.2) is 13.4 Å². The van der Waals surface area contributed by atoms with Gasteiger partial charge in [0.05, 0.1) is 14.7 Å². The zero-order valence-corrected chi connectivity index (χ0v) is 18.4. The van der Waals surface area contributed by atoms with Crippen molar-refractivity contribution >= 4 is 27.5 Å². The van der Waals surface area contributed by atoms with E-state index >= 15 is 0 Å². The summed E-state index contributed by atoms with van der Waals surface area (Å²) in [6.45, 7) is 2.94. The Kier molecular flexibility index (Phi) is 6.08. The molecule has 162 valence electrons.